The van der Waals surface area contributed by atoms with E-state index in [1.807, 2.05) is 0 Å². The third-order valence-electron chi connectivity index (χ3n) is 2.75. The summed E-state index contributed by atoms with van der Waals surface area (Å²) in [6.07, 6.45) is 4.82. The molecule has 1 heterocycles. The second-order valence-electron chi connectivity index (χ2n) is 4.34. The standard InChI is InChI=1S/C12H27N4.CH3.Ti/c1-5-13-7-2-9-15-11-4-12-16-10-3-8-14-6-1;;/h13-15H,1-12H2;1H3;/q2*-1;+2. The molecule has 1 fully saturated rings. The summed E-state index contributed by atoms with van der Waals surface area (Å²) in [6, 6.07) is 0. The molecule has 4 nitrogen and oxygen atoms in total. The van der Waals surface area contributed by atoms with E-state index in [4.69, 9.17) is 0 Å². The Morgan fingerprint density at radius 3 is 1.28 bits per heavy atom. The number of hydrogen-bond acceptors (Lipinski definition) is 3. The second-order valence-corrected chi connectivity index (χ2v) is 4.34. The summed E-state index contributed by atoms with van der Waals surface area (Å²) in [5, 5.41) is 14.9. The van der Waals surface area contributed by atoms with Gasteiger partial charge in [-0.05, 0) is 52.1 Å². The van der Waals surface area contributed by atoms with E-state index < -0.39 is 0 Å². The Hall–Kier alpha value is 0.554. The van der Waals surface area contributed by atoms with Gasteiger partial charge in [0.1, 0.15) is 0 Å². The first-order valence-corrected chi connectivity index (χ1v) is 6.75. The predicted molar refractivity (Wildman–Crippen MR) is 76.6 cm³/mol. The number of nitrogens with zero attached hydrogens (tertiary/aromatic N) is 1. The topological polar surface area (TPSA) is 50.2 Å². The molecule has 18 heavy (non-hydrogen) atoms. The van der Waals surface area contributed by atoms with Gasteiger partial charge in [-0.3, -0.25) is 0 Å². The van der Waals surface area contributed by atoms with Crippen molar-refractivity contribution in [3.05, 3.63) is 12.7 Å². The van der Waals surface area contributed by atoms with Crippen molar-refractivity contribution in [2.45, 2.75) is 25.7 Å². The fourth-order valence-electron chi connectivity index (χ4n) is 1.80. The first-order valence-electron chi connectivity index (χ1n) is 6.75. The van der Waals surface area contributed by atoms with Crippen LogP contribution in [0.3, 0.4) is 0 Å². The molecule has 3 N–H and O–H groups in total. The first kappa shape index (κ1) is 20.9. The van der Waals surface area contributed by atoms with E-state index in [1.54, 1.807) is 0 Å². The molecule has 5 heteroatoms. The molecule has 0 radical (unpaired) electrons. The van der Waals surface area contributed by atoms with Crippen LogP contribution < -0.4 is 16.0 Å². The van der Waals surface area contributed by atoms with E-state index in [2.05, 4.69) is 21.3 Å². The van der Waals surface area contributed by atoms with Crippen LogP contribution in [-0.2, 0) is 21.7 Å². The zero-order valence-corrected chi connectivity index (χ0v) is 13.5. The third kappa shape index (κ3) is 14.6. The van der Waals surface area contributed by atoms with Crippen LogP contribution >= 0.6 is 0 Å². The third-order valence-corrected chi connectivity index (χ3v) is 2.75. The summed E-state index contributed by atoms with van der Waals surface area (Å²) in [4.78, 5) is 0. The Labute approximate surface area is 128 Å². The van der Waals surface area contributed by atoms with Gasteiger partial charge in [-0.25, -0.2) is 0 Å². The van der Waals surface area contributed by atoms with E-state index in [-0.39, 0.29) is 29.1 Å². The number of rotatable bonds is 0. The van der Waals surface area contributed by atoms with Gasteiger partial charge in [-0.15, -0.1) is 13.1 Å². The maximum Gasteiger partial charge on any atom is 2.00 e. The zero-order valence-electron chi connectivity index (χ0n) is 11.9. The van der Waals surface area contributed by atoms with E-state index in [0.717, 1.165) is 52.4 Å². The Balaban J connectivity index is 0. The summed E-state index contributed by atoms with van der Waals surface area (Å²) < 4.78 is 0. The van der Waals surface area contributed by atoms with Crippen LogP contribution in [0.2, 0.25) is 0 Å². The van der Waals surface area contributed by atoms with Crippen LogP contribution in [-0.4, -0.2) is 52.4 Å². The summed E-state index contributed by atoms with van der Waals surface area (Å²) in [6.45, 7) is 8.80. The van der Waals surface area contributed by atoms with Gasteiger partial charge >= 0.3 is 21.7 Å². The average Bonchev–Trinajstić information content (AvgIpc) is 2.29. The maximum atomic E-state index is 4.51. The van der Waals surface area contributed by atoms with E-state index in [9.17, 15) is 0 Å². The maximum absolute atomic E-state index is 4.51. The summed E-state index contributed by atoms with van der Waals surface area (Å²) in [5.74, 6) is 0. The van der Waals surface area contributed by atoms with Crippen LogP contribution in [0.1, 0.15) is 25.7 Å². The molecule has 0 spiro atoms. The number of nitrogens with one attached hydrogen (secondary N) is 3. The van der Waals surface area contributed by atoms with Crippen molar-refractivity contribution in [1.82, 2.24) is 16.0 Å². The van der Waals surface area contributed by atoms with Crippen molar-refractivity contribution < 1.29 is 21.7 Å². The minimum Gasteiger partial charge on any atom is -0.662 e. The molecular weight excluding hydrogens is 260 g/mol. The molecule has 0 saturated carbocycles. The van der Waals surface area contributed by atoms with E-state index >= 15 is 0 Å². The van der Waals surface area contributed by atoms with Gasteiger partial charge in [-0.2, -0.15) is 0 Å². The molecule has 106 valence electrons. The number of hydrogen-bond donors (Lipinski definition) is 3. The van der Waals surface area contributed by atoms with Gasteiger partial charge in [0.2, 0.25) is 0 Å². The quantitative estimate of drug-likeness (QED) is 0.463. The second kappa shape index (κ2) is 17.6. The van der Waals surface area contributed by atoms with Crippen LogP contribution in [0.4, 0.5) is 0 Å². The van der Waals surface area contributed by atoms with Crippen LogP contribution in [0, 0.1) is 7.43 Å². The van der Waals surface area contributed by atoms with Gasteiger partial charge in [0, 0.05) is 0 Å². The van der Waals surface area contributed by atoms with Gasteiger partial charge in [0.05, 0.1) is 0 Å². The molecule has 0 unspecified atom stereocenters. The smallest absolute Gasteiger partial charge is 0.662 e. The fourth-order valence-corrected chi connectivity index (χ4v) is 1.80. The average molecular weight is 290 g/mol. The molecule has 1 aliphatic rings. The molecule has 0 bridgehead atoms. The van der Waals surface area contributed by atoms with Crippen molar-refractivity contribution in [3.8, 4) is 0 Å². The Kier molecular flexibility index (Phi) is 20.3. The van der Waals surface area contributed by atoms with E-state index in [1.165, 1.54) is 25.7 Å². The van der Waals surface area contributed by atoms with Crippen molar-refractivity contribution in [3.63, 3.8) is 0 Å². The molecule has 1 rings (SSSR count). The largest absolute Gasteiger partial charge is 2.00 e. The molecule has 0 aromatic carbocycles. The van der Waals surface area contributed by atoms with Crippen molar-refractivity contribution >= 4 is 0 Å². The predicted octanol–water partition coefficient (Wildman–Crippen LogP) is 1.15. The minimum absolute atomic E-state index is 0. The van der Waals surface area contributed by atoms with Crippen LogP contribution in [0.15, 0.2) is 0 Å². The van der Waals surface area contributed by atoms with Gasteiger partial charge in [0.25, 0.3) is 0 Å². The Morgan fingerprint density at radius 1 is 0.556 bits per heavy atom. The summed E-state index contributed by atoms with van der Waals surface area (Å²) in [5.41, 5.74) is 0. The van der Waals surface area contributed by atoms with Crippen LogP contribution in [0.5, 0.6) is 0 Å². The Morgan fingerprint density at radius 2 is 0.889 bits per heavy atom. The van der Waals surface area contributed by atoms with Gasteiger partial charge in [-0.1, -0.05) is 12.8 Å². The molecular formula is C13H30N4Ti. The zero-order chi connectivity index (χ0) is 11.3. The minimum atomic E-state index is 0. The molecule has 1 aliphatic heterocycles. The normalized spacial score (nSPS) is 21.3. The molecule has 0 amide bonds. The molecule has 0 aliphatic carbocycles. The molecule has 0 aromatic rings. The fraction of sp³-hybridized carbons (Fsp3) is 0.923. The molecule has 0 atom stereocenters. The SMILES string of the molecule is C1C[N-]CCCNCCCNCCCNC1.[CH3-].[Ti+2]. The Bertz CT molecular complexity index is 83.0. The summed E-state index contributed by atoms with van der Waals surface area (Å²) >= 11 is 0. The van der Waals surface area contributed by atoms with Gasteiger partial charge in [0.15, 0.2) is 0 Å². The van der Waals surface area contributed by atoms with Crippen LogP contribution in [0.25, 0.3) is 5.32 Å². The summed E-state index contributed by atoms with van der Waals surface area (Å²) in [7, 11) is 0. The first-order chi connectivity index (χ1) is 8.00. The van der Waals surface area contributed by atoms with Crippen molar-refractivity contribution in [2.24, 2.45) is 0 Å². The molecule has 1 saturated heterocycles. The molecule has 0 aromatic heterocycles. The van der Waals surface area contributed by atoms with Crippen molar-refractivity contribution in [1.29, 1.82) is 0 Å². The van der Waals surface area contributed by atoms with Crippen molar-refractivity contribution in [2.75, 3.05) is 52.4 Å². The monoisotopic (exact) mass is 290 g/mol. The van der Waals surface area contributed by atoms with Gasteiger partial charge < -0.3 is 28.7 Å². The van der Waals surface area contributed by atoms with E-state index in [0.29, 0.717) is 0 Å².